The van der Waals surface area contributed by atoms with E-state index in [1.165, 1.54) is 12.5 Å². The molecule has 44 heavy (non-hydrogen) atoms. The van der Waals surface area contributed by atoms with E-state index in [9.17, 15) is 14.4 Å². The van der Waals surface area contributed by atoms with Crippen LogP contribution in [0.3, 0.4) is 0 Å². The van der Waals surface area contributed by atoms with Crippen LogP contribution in [0.5, 0.6) is 0 Å². The van der Waals surface area contributed by atoms with Crippen molar-refractivity contribution in [3.05, 3.63) is 102 Å². The number of carboxylic acids is 1. The Hall–Kier alpha value is -5.25. The van der Waals surface area contributed by atoms with Gasteiger partial charge in [-0.3, -0.25) is 14.6 Å². The van der Waals surface area contributed by atoms with Gasteiger partial charge in [-0.15, -0.1) is 0 Å². The van der Waals surface area contributed by atoms with Gasteiger partial charge in [-0.25, -0.2) is 9.78 Å². The molecule has 2 aromatic carbocycles. The summed E-state index contributed by atoms with van der Waals surface area (Å²) in [5, 5.41) is 9.12. The number of nitrogens with one attached hydrogen (secondary N) is 1. The normalized spacial score (nSPS) is 13.9. The molecule has 10 nitrogen and oxygen atoms in total. The van der Waals surface area contributed by atoms with Crippen molar-refractivity contribution in [1.82, 2.24) is 15.0 Å². The number of nitrogens with two attached hydrogens (primary N) is 1. The smallest absolute Gasteiger partial charge is 0.371 e. The monoisotopic (exact) mass is 593 g/mol. The highest BCUT2D eigenvalue weighted by Gasteiger charge is 2.32. The third-order valence-electron chi connectivity index (χ3n) is 7.71. The average molecular weight is 594 g/mol. The topological polar surface area (TPSA) is 155 Å². The van der Waals surface area contributed by atoms with E-state index in [4.69, 9.17) is 20.2 Å². The van der Waals surface area contributed by atoms with E-state index in [1.54, 1.807) is 24.4 Å². The van der Waals surface area contributed by atoms with Crippen molar-refractivity contribution in [2.45, 2.75) is 51.5 Å². The first kappa shape index (κ1) is 30.2. The summed E-state index contributed by atoms with van der Waals surface area (Å²) in [4.78, 5) is 49.2. The number of imidazole rings is 1. The molecule has 5 aromatic rings. The van der Waals surface area contributed by atoms with E-state index in [0.29, 0.717) is 5.76 Å². The lowest BCUT2D eigenvalue weighted by atomic mass is 9.87. The van der Waals surface area contributed by atoms with E-state index < -0.39 is 5.97 Å². The zero-order valence-electron chi connectivity index (χ0n) is 24.5. The van der Waals surface area contributed by atoms with E-state index in [1.807, 2.05) is 66.4 Å². The lowest BCUT2D eigenvalue weighted by Gasteiger charge is -2.33. The Morgan fingerprint density at radius 1 is 0.977 bits per heavy atom. The van der Waals surface area contributed by atoms with Crippen molar-refractivity contribution in [2.75, 3.05) is 4.90 Å². The number of aromatic nitrogens is 3. The molecule has 1 aliphatic carbocycles. The summed E-state index contributed by atoms with van der Waals surface area (Å²) in [5.74, 6) is -0.224. The fourth-order valence-corrected chi connectivity index (χ4v) is 5.46. The maximum absolute atomic E-state index is 13.8. The minimum atomic E-state index is -1.10. The van der Waals surface area contributed by atoms with Gasteiger partial charge < -0.3 is 25.1 Å². The molecular formula is C34H35N5O5. The zero-order chi connectivity index (χ0) is 31.1. The van der Waals surface area contributed by atoms with Gasteiger partial charge in [-0.2, -0.15) is 0 Å². The van der Waals surface area contributed by atoms with Gasteiger partial charge in [0.15, 0.2) is 0 Å². The summed E-state index contributed by atoms with van der Waals surface area (Å²) in [6, 6.07) is 23.5. The van der Waals surface area contributed by atoms with Gasteiger partial charge in [0.2, 0.25) is 17.6 Å². The number of amides is 2. The summed E-state index contributed by atoms with van der Waals surface area (Å²) in [7, 11) is 0. The Balaban J connectivity index is 0.000000328. The molecule has 4 N–H and O–H groups in total. The SMILES string of the molecule is CC(c1nc2ccccc2[nH]1)N(C(=O)C1CCCCC1)c1ccc(-c2ccc(C(=O)O)o2)cc1.NC(=O)Cc1ccccn1. The maximum atomic E-state index is 13.8. The molecular weight excluding hydrogens is 558 g/mol. The summed E-state index contributed by atoms with van der Waals surface area (Å²) in [5.41, 5.74) is 9.00. The van der Waals surface area contributed by atoms with Crippen molar-refractivity contribution >= 4 is 34.5 Å². The molecule has 10 heteroatoms. The first-order valence-electron chi connectivity index (χ1n) is 14.7. The maximum Gasteiger partial charge on any atom is 0.371 e. The fraction of sp³-hybridized carbons (Fsp3) is 0.265. The lowest BCUT2D eigenvalue weighted by molar-refractivity contribution is -0.123. The van der Waals surface area contributed by atoms with Crippen LogP contribution >= 0.6 is 0 Å². The van der Waals surface area contributed by atoms with Crippen LogP contribution in [0.2, 0.25) is 0 Å². The highest BCUT2D eigenvalue weighted by molar-refractivity contribution is 5.96. The number of hydrogen-bond donors (Lipinski definition) is 3. The minimum absolute atomic E-state index is 0.00320. The Labute approximate surface area is 254 Å². The molecule has 1 unspecified atom stereocenters. The molecule has 0 bridgehead atoms. The second kappa shape index (κ2) is 13.8. The van der Waals surface area contributed by atoms with Crippen LogP contribution in [0.1, 0.15) is 67.1 Å². The summed E-state index contributed by atoms with van der Waals surface area (Å²) >= 11 is 0. The van der Waals surface area contributed by atoms with Gasteiger partial charge in [0.05, 0.1) is 23.5 Å². The van der Waals surface area contributed by atoms with Crippen LogP contribution in [0.25, 0.3) is 22.4 Å². The number of aromatic carboxylic acids is 1. The standard InChI is InChI=1S/C27H27N3O4.C7H8N2O/c1-17(25-28-21-9-5-6-10-22(21)29-25)30(26(31)19-7-3-2-4-8-19)20-13-11-18(12-14-20)23-15-16-24(34-23)27(32)33;8-7(10)5-6-3-1-2-4-9-6/h5-6,9-17,19H,2-4,7-8H2,1H3,(H,28,29)(H,32,33);1-4H,5H2,(H2,8,10). The number of carbonyl (C=O) groups is 3. The number of benzene rings is 2. The van der Waals surface area contributed by atoms with Crippen LogP contribution in [0.4, 0.5) is 5.69 Å². The molecule has 6 rings (SSSR count). The van der Waals surface area contributed by atoms with Crippen LogP contribution in [-0.2, 0) is 16.0 Å². The molecule has 1 aliphatic rings. The summed E-state index contributed by atoms with van der Waals surface area (Å²) in [6.45, 7) is 2.00. The number of furan rings is 1. The van der Waals surface area contributed by atoms with Gasteiger partial charge in [0, 0.05) is 29.1 Å². The van der Waals surface area contributed by atoms with Crippen LogP contribution in [0.15, 0.2) is 89.5 Å². The second-order valence-corrected chi connectivity index (χ2v) is 10.8. The number of aromatic amines is 1. The number of carbonyl (C=O) groups excluding carboxylic acids is 2. The highest BCUT2D eigenvalue weighted by atomic mass is 16.4. The minimum Gasteiger partial charge on any atom is -0.475 e. The van der Waals surface area contributed by atoms with Crippen molar-refractivity contribution in [2.24, 2.45) is 11.7 Å². The molecule has 0 aliphatic heterocycles. The molecule has 0 radical (unpaired) electrons. The number of pyridine rings is 1. The van der Waals surface area contributed by atoms with E-state index in [0.717, 1.165) is 59.5 Å². The number of rotatable bonds is 8. The van der Waals surface area contributed by atoms with E-state index in [2.05, 4.69) is 9.97 Å². The van der Waals surface area contributed by atoms with Gasteiger partial charge in [-0.05, 0) is 80.4 Å². The molecule has 2 amide bonds. The number of fused-ring (bicyclic) bond motifs is 1. The molecule has 0 saturated heterocycles. The summed E-state index contributed by atoms with van der Waals surface area (Å²) in [6.07, 6.45) is 7.01. The highest BCUT2D eigenvalue weighted by Crippen LogP contribution is 2.34. The number of primary amides is 1. The molecule has 1 fully saturated rings. The van der Waals surface area contributed by atoms with E-state index in [-0.39, 0.29) is 36.0 Å². The molecule has 3 heterocycles. The Morgan fingerprint density at radius 2 is 1.70 bits per heavy atom. The van der Waals surface area contributed by atoms with Crippen molar-refractivity contribution in [1.29, 1.82) is 0 Å². The number of H-pyrrole nitrogens is 1. The number of hydrogen-bond acceptors (Lipinski definition) is 6. The predicted octanol–water partition coefficient (Wildman–Crippen LogP) is 6.31. The Morgan fingerprint density at radius 3 is 2.34 bits per heavy atom. The van der Waals surface area contributed by atoms with Crippen molar-refractivity contribution in [3.8, 4) is 11.3 Å². The van der Waals surface area contributed by atoms with Gasteiger partial charge in [0.25, 0.3) is 0 Å². The average Bonchev–Trinajstić information content (AvgIpc) is 3.71. The van der Waals surface area contributed by atoms with Crippen LogP contribution in [0, 0.1) is 5.92 Å². The van der Waals surface area contributed by atoms with Crippen LogP contribution in [-0.4, -0.2) is 37.8 Å². The molecule has 1 saturated carbocycles. The Kier molecular flexibility index (Phi) is 9.49. The fourth-order valence-electron chi connectivity index (χ4n) is 5.46. The first-order valence-corrected chi connectivity index (χ1v) is 14.7. The number of anilines is 1. The molecule has 226 valence electrons. The van der Waals surface area contributed by atoms with Gasteiger partial charge in [-0.1, -0.05) is 37.5 Å². The number of nitrogens with zero attached hydrogens (tertiary/aromatic N) is 3. The molecule has 3 aromatic heterocycles. The largest absolute Gasteiger partial charge is 0.475 e. The first-order chi connectivity index (χ1) is 21.3. The van der Waals surface area contributed by atoms with Crippen molar-refractivity contribution in [3.63, 3.8) is 0 Å². The van der Waals surface area contributed by atoms with E-state index >= 15 is 0 Å². The van der Waals surface area contributed by atoms with Crippen molar-refractivity contribution < 1.29 is 23.9 Å². The Bertz CT molecular complexity index is 1690. The summed E-state index contributed by atoms with van der Waals surface area (Å²) < 4.78 is 5.43. The number of para-hydroxylation sites is 2. The lowest BCUT2D eigenvalue weighted by Crippen LogP contribution is -2.39. The second-order valence-electron chi connectivity index (χ2n) is 10.8. The third kappa shape index (κ3) is 7.20. The molecule has 1 atom stereocenters. The number of carboxylic acid groups (broad SMARTS) is 1. The van der Waals surface area contributed by atoms with Gasteiger partial charge in [0.1, 0.15) is 11.6 Å². The quantitative estimate of drug-likeness (QED) is 0.190. The van der Waals surface area contributed by atoms with Gasteiger partial charge >= 0.3 is 5.97 Å². The predicted molar refractivity (Wildman–Crippen MR) is 167 cm³/mol. The molecule has 0 spiro atoms. The van der Waals surface area contributed by atoms with Crippen LogP contribution < -0.4 is 10.6 Å². The third-order valence-corrected chi connectivity index (χ3v) is 7.71. The zero-order valence-corrected chi connectivity index (χ0v) is 24.5.